The highest BCUT2D eigenvalue weighted by molar-refractivity contribution is 7.16. The van der Waals surface area contributed by atoms with Gasteiger partial charge in [0.2, 0.25) is 0 Å². The van der Waals surface area contributed by atoms with Crippen molar-refractivity contribution in [3.8, 4) is 5.75 Å². The molecular formula is C22H33ClN4OS. The van der Waals surface area contributed by atoms with Gasteiger partial charge in [-0.05, 0) is 56.5 Å². The van der Waals surface area contributed by atoms with Crippen molar-refractivity contribution in [2.24, 2.45) is 5.92 Å². The Kier molecular flexibility index (Phi) is 8.18. The van der Waals surface area contributed by atoms with E-state index < -0.39 is 0 Å². The van der Waals surface area contributed by atoms with Crippen molar-refractivity contribution < 1.29 is 4.74 Å². The minimum Gasteiger partial charge on any atom is -0.497 e. The zero-order valence-electron chi connectivity index (χ0n) is 18.0. The number of piperidine rings is 1. The summed E-state index contributed by atoms with van der Waals surface area (Å²) in [6, 6.07) is 8.45. The number of halogens is 1. The molecule has 29 heavy (non-hydrogen) atoms. The largest absolute Gasteiger partial charge is 0.497 e. The number of anilines is 1. The highest BCUT2D eigenvalue weighted by atomic mass is 35.5. The van der Waals surface area contributed by atoms with E-state index in [-0.39, 0.29) is 0 Å². The zero-order chi connectivity index (χ0) is 20.8. The Hall–Kier alpha value is -1.34. The third-order valence-corrected chi connectivity index (χ3v) is 7.12. The molecule has 1 fully saturated rings. The van der Waals surface area contributed by atoms with Gasteiger partial charge in [0.25, 0.3) is 0 Å². The first-order valence-electron chi connectivity index (χ1n) is 10.3. The number of hydrogen-bond donors (Lipinski definition) is 0. The number of ether oxygens (including phenoxy) is 1. The highest BCUT2D eigenvalue weighted by Crippen LogP contribution is 2.30. The Morgan fingerprint density at radius 2 is 2.00 bits per heavy atom. The summed E-state index contributed by atoms with van der Waals surface area (Å²) in [5.74, 6) is 1.64. The monoisotopic (exact) mass is 436 g/mol. The minimum absolute atomic E-state index is 0.648. The smallest absolute Gasteiger partial charge is 0.186 e. The molecule has 0 saturated carbocycles. The Labute approximate surface area is 184 Å². The van der Waals surface area contributed by atoms with Gasteiger partial charge >= 0.3 is 0 Å². The van der Waals surface area contributed by atoms with Gasteiger partial charge < -0.3 is 19.4 Å². The number of thiazole rings is 1. The lowest BCUT2D eigenvalue weighted by atomic mass is 9.97. The molecule has 1 saturated heterocycles. The SMILES string of the molecule is COc1ccc(CCN2CCC[C@@H](CN(C)Cc3sc(N(C)C)nc3Cl)C2)cc1. The summed E-state index contributed by atoms with van der Waals surface area (Å²) in [5.41, 5.74) is 1.38. The predicted octanol–water partition coefficient (Wildman–Crippen LogP) is 4.26. The first kappa shape index (κ1) is 22.3. The zero-order valence-corrected chi connectivity index (χ0v) is 19.6. The van der Waals surface area contributed by atoms with Crippen molar-refractivity contribution in [1.29, 1.82) is 0 Å². The van der Waals surface area contributed by atoms with E-state index in [1.807, 2.05) is 19.0 Å². The van der Waals surface area contributed by atoms with Crippen molar-refractivity contribution in [1.82, 2.24) is 14.8 Å². The van der Waals surface area contributed by atoms with E-state index in [1.54, 1.807) is 18.4 Å². The molecule has 1 aliphatic rings. The fourth-order valence-corrected chi connectivity index (χ4v) is 5.20. The number of methoxy groups -OCH3 is 1. The Morgan fingerprint density at radius 1 is 1.24 bits per heavy atom. The normalized spacial score (nSPS) is 17.7. The molecule has 5 nitrogen and oxygen atoms in total. The van der Waals surface area contributed by atoms with Gasteiger partial charge in [-0.1, -0.05) is 35.1 Å². The molecule has 2 aromatic rings. The fourth-order valence-electron chi connectivity index (χ4n) is 3.94. The van der Waals surface area contributed by atoms with Gasteiger partial charge in [0.15, 0.2) is 5.13 Å². The van der Waals surface area contributed by atoms with E-state index in [4.69, 9.17) is 16.3 Å². The molecule has 160 valence electrons. The lowest BCUT2D eigenvalue weighted by Gasteiger charge is -2.34. The maximum atomic E-state index is 6.35. The van der Waals surface area contributed by atoms with Gasteiger partial charge in [0, 0.05) is 40.3 Å². The lowest BCUT2D eigenvalue weighted by molar-refractivity contribution is 0.142. The third-order valence-electron chi connectivity index (χ3n) is 5.48. The van der Waals surface area contributed by atoms with Crippen LogP contribution < -0.4 is 9.64 Å². The van der Waals surface area contributed by atoms with E-state index in [9.17, 15) is 0 Å². The summed E-state index contributed by atoms with van der Waals surface area (Å²) in [5, 5.41) is 1.62. The van der Waals surface area contributed by atoms with Gasteiger partial charge in [-0.25, -0.2) is 4.98 Å². The molecule has 0 aliphatic carbocycles. The topological polar surface area (TPSA) is 31.8 Å². The standard InChI is InChI=1S/C22H33ClN4OS/c1-25(2)22-24-21(23)20(29-22)16-26(3)14-18-6-5-12-27(15-18)13-11-17-7-9-19(28-4)10-8-17/h7-10,18H,5-6,11-16H2,1-4H3/t18-/m0/s1. The van der Waals surface area contributed by atoms with Crippen molar-refractivity contribution in [2.75, 3.05) is 59.3 Å². The summed E-state index contributed by atoms with van der Waals surface area (Å²) in [6.07, 6.45) is 3.69. The van der Waals surface area contributed by atoms with E-state index in [0.29, 0.717) is 11.1 Å². The quantitative estimate of drug-likeness (QED) is 0.586. The number of aromatic nitrogens is 1. The second-order valence-corrected chi connectivity index (χ2v) is 9.63. The molecule has 3 rings (SSSR count). The number of likely N-dealkylation sites (tertiary alicyclic amines) is 1. The molecule has 1 aromatic carbocycles. The summed E-state index contributed by atoms with van der Waals surface area (Å²) in [4.78, 5) is 12.6. The molecule has 1 atom stereocenters. The fraction of sp³-hybridized carbons (Fsp3) is 0.591. The van der Waals surface area contributed by atoms with Crippen LogP contribution in [0.4, 0.5) is 5.13 Å². The molecular weight excluding hydrogens is 404 g/mol. The first-order chi connectivity index (χ1) is 13.9. The molecule has 1 aliphatic heterocycles. The van der Waals surface area contributed by atoms with E-state index in [1.165, 1.54) is 31.5 Å². The third kappa shape index (κ3) is 6.57. The average molecular weight is 437 g/mol. The van der Waals surface area contributed by atoms with Gasteiger partial charge in [0.05, 0.1) is 12.0 Å². The van der Waals surface area contributed by atoms with Crippen LogP contribution in [0.15, 0.2) is 24.3 Å². The molecule has 0 amide bonds. The van der Waals surface area contributed by atoms with Gasteiger partial charge in [-0.3, -0.25) is 0 Å². The van der Waals surface area contributed by atoms with Gasteiger partial charge in [0.1, 0.15) is 10.9 Å². The van der Waals surface area contributed by atoms with Crippen LogP contribution in [0.25, 0.3) is 0 Å². The minimum atomic E-state index is 0.648. The predicted molar refractivity (Wildman–Crippen MR) is 124 cm³/mol. The number of rotatable bonds is 9. The van der Waals surface area contributed by atoms with E-state index in [2.05, 4.69) is 46.1 Å². The van der Waals surface area contributed by atoms with Crippen LogP contribution in [0.5, 0.6) is 5.75 Å². The lowest BCUT2D eigenvalue weighted by Crippen LogP contribution is -2.40. The molecule has 0 bridgehead atoms. The number of benzene rings is 1. The van der Waals surface area contributed by atoms with Gasteiger partial charge in [-0.15, -0.1) is 0 Å². The molecule has 0 spiro atoms. The van der Waals surface area contributed by atoms with Crippen molar-refractivity contribution in [3.63, 3.8) is 0 Å². The van der Waals surface area contributed by atoms with Crippen LogP contribution in [-0.2, 0) is 13.0 Å². The number of hydrogen-bond acceptors (Lipinski definition) is 6. The van der Waals surface area contributed by atoms with Crippen LogP contribution in [0.1, 0.15) is 23.3 Å². The highest BCUT2D eigenvalue weighted by Gasteiger charge is 2.22. The Morgan fingerprint density at radius 3 is 2.66 bits per heavy atom. The summed E-state index contributed by atoms with van der Waals surface area (Å²) < 4.78 is 5.25. The van der Waals surface area contributed by atoms with Crippen molar-refractivity contribution in [2.45, 2.75) is 25.8 Å². The van der Waals surface area contributed by atoms with Crippen molar-refractivity contribution in [3.05, 3.63) is 39.9 Å². The molecule has 1 aromatic heterocycles. The second kappa shape index (κ2) is 10.6. The van der Waals surface area contributed by atoms with Crippen molar-refractivity contribution >= 4 is 28.1 Å². The Bertz CT molecular complexity index is 765. The van der Waals surface area contributed by atoms with E-state index >= 15 is 0 Å². The van der Waals surface area contributed by atoms with Crippen LogP contribution >= 0.6 is 22.9 Å². The molecule has 0 radical (unpaired) electrons. The molecule has 0 N–H and O–H groups in total. The molecule has 2 heterocycles. The maximum Gasteiger partial charge on any atom is 0.186 e. The summed E-state index contributed by atoms with van der Waals surface area (Å²) in [6.45, 7) is 5.49. The Balaban J connectivity index is 1.46. The summed E-state index contributed by atoms with van der Waals surface area (Å²) >= 11 is 8.04. The van der Waals surface area contributed by atoms with Crippen LogP contribution in [-0.4, -0.2) is 69.2 Å². The maximum absolute atomic E-state index is 6.35. The van der Waals surface area contributed by atoms with Crippen LogP contribution in [0.2, 0.25) is 5.15 Å². The second-order valence-electron chi connectivity index (χ2n) is 8.21. The van der Waals surface area contributed by atoms with Crippen LogP contribution in [0, 0.1) is 5.92 Å². The number of nitrogens with zero attached hydrogens (tertiary/aromatic N) is 4. The molecule has 0 unspecified atom stereocenters. The van der Waals surface area contributed by atoms with Crippen LogP contribution in [0.3, 0.4) is 0 Å². The first-order valence-corrected chi connectivity index (χ1v) is 11.5. The average Bonchev–Trinajstić information content (AvgIpc) is 3.07. The molecule has 7 heteroatoms. The van der Waals surface area contributed by atoms with E-state index in [0.717, 1.165) is 41.8 Å². The summed E-state index contributed by atoms with van der Waals surface area (Å²) in [7, 11) is 7.92. The van der Waals surface area contributed by atoms with Gasteiger partial charge in [-0.2, -0.15) is 0 Å².